The van der Waals surface area contributed by atoms with Crippen molar-refractivity contribution in [3.63, 3.8) is 0 Å². The minimum Gasteiger partial charge on any atom is -0.358 e. The summed E-state index contributed by atoms with van der Waals surface area (Å²) in [6, 6.07) is 3.79. The van der Waals surface area contributed by atoms with Crippen molar-refractivity contribution in [1.29, 1.82) is 0 Å². The predicted molar refractivity (Wildman–Crippen MR) is 92.3 cm³/mol. The van der Waals surface area contributed by atoms with Gasteiger partial charge in [-0.25, -0.2) is 18.7 Å². The monoisotopic (exact) mass is 342 g/mol. The Morgan fingerprint density at radius 1 is 1.12 bits per heavy atom. The normalized spacial score (nSPS) is 23.9. The van der Waals surface area contributed by atoms with Gasteiger partial charge in [0.25, 0.3) is 0 Å². The summed E-state index contributed by atoms with van der Waals surface area (Å²) in [4.78, 5) is 12.4. The Kier molecular flexibility index (Phi) is 4.00. The van der Waals surface area contributed by atoms with Gasteiger partial charge in [0, 0.05) is 30.3 Å². The number of piperidine rings is 1. The van der Waals surface area contributed by atoms with Crippen LogP contribution in [0.2, 0.25) is 0 Å². The minimum atomic E-state index is -0.549. The second kappa shape index (κ2) is 6.19. The fraction of sp³-hybridized carbons (Fsp3) is 0.368. The highest BCUT2D eigenvalue weighted by Crippen LogP contribution is 2.36. The number of aryl methyl sites for hydroxylation is 1. The van der Waals surface area contributed by atoms with E-state index in [1.54, 1.807) is 0 Å². The lowest BCUT2D eigenvalue weighted by atomic mass is 9.85. The lowest BCUT2D eigenvalue weighted by Crippen LogP contribution is -2.38. The van der Waals surface area contributed by atoms with Crippen LogP contribution in [0.4, 0.5) is 8.78 Å². The number of hydrogen-bond acceptors (Lipinski definition) is 3. The van der Waals surface area contributed by atoms with E-state index in [4.69, 9.17) is 4.98 Å². The molecule has 4 nitrogen and oxygen atoms in total. The molecular weight excluding hydrogens is 322 g/mol. The molecule has 0 bridgehead atoms. The van der Waals surface area contributed by atoms with E-state index in [0.717, 1.165) is 34.9 Å². The van der Waals surface area contributed by atoms with Gasteiger partial charge in [-0.2, -0.15) is 0 Å². The zero-order chi connectivity index (χ0) is 17.6. The third-order valence-electron chi connectivity index (χ3n) is 4.92. The van der Waals surface area contributed by atoms with Crippen LogP contribution in [0.5, 0.6) is 0 Å². The van der Waals surface area contributed by atoms with E-state index >= 15 is 0 Å². The number of aromatic nitrogens is 3. The number of halogens is 2. The van der Waals surface area contributed by atoms with E-state index in [-0.39, 0.29) is 18.0 Å². The zero-order valence-corrected chi connectivity index (χ0v) is 14.2. The van der Waals surface area contributed by atoms with Crippen LogP contribution in [0.3, 0.4) is 0 Å². The summed E-state index contributed by atoms with van der Waals surface area (Å²) in [5.74, 6) is -0.156. The standard InChI is InChI=1S/C19H20F2N4/c1-10-8-22-17-9-23-19(25-18(10)17)13-3-11(2)24-16(6-13)12-4-14(20)7-15(21)5-12/h4-5,7-9,11,13,16,22,24H,3,6H2,1-2H3. The van der Waals surface area contributed by atoms with Gasteiger partial charge < -0.3 is 10.3 Å². The maximum Gasteiger partial charge on any atom is 0.132 e. The van der Waals surface area contributed by atoms with Crippen LogP contribution in [-0.4, -0.2) is 21.0 Å². The van der Waals surface area contributed by atoms with Gasteiger partial charge in [-0.05, 0) is 49.9 Å². The quantitative estimate of drug-likeness (QED) is 0.736. The Labute approximate surface area is 144 Å². The number of rotatable bonds is 2. The fourth-order valence-electron chi connectivity index (χ4n) is 3.76. The summed E-state index contributed by atoms with van der Waals surface area (Å²) in [5, 5.41) is 3.44. The number of nitrogens with one attached hydrogen (secondary N) is 2. The third kappa shape index (κ3) is 3.14. The number of nitrogens with zero attached hydrogens (tertiary/aromatic N) is 2. The molecule has 0 aliphatic carbocycles. The first kappa shape index (κ1) is 16.1. The molecule has 3 atom stereocenters. The van der Waals surface area contributed by atoms with Crippen molar-refractivity contribution in [3.8, 4) is 0 Å². The highest BCUT2D eigenvalue weighted by atomic mass is 19.1. The number of aromatic amines is 1. The SMILES string of the molecule is Cc1c[nH]c2cnc(C3CC(C)NC(c4cc(F)cc(F)c4)C3)nc12. The molecule has 4 rings (SSSR count). The summed E-state index contributed by atoms with van der Waals surface area (Å²) in [7, 11) is 0. The number of benzene rings is 1. The van der Waals surface area contributed by atoms with Crippen LogP contribution in [0.1, 0.15) is 48.7 Å². The Morgan fingerprint density at radius 3 is 2.64 bits per heavy atom. The molecule has 3 heterocycles. The van der Waals surface area contributed by atoms with Crippen LogP contribution >= 0.6 is 0 Å². The molecule has 1 aromatic carbocycles. The van der Waals surface area contributed by atoms with Crippen molar-refractivity contribution < 1.29 is 8.78 Å². The molecule has 6 heteroatoms. The van der Waals surface area contributed by atoms with Crippen molar-refractivity contribution in [2.75, 3.05) is 0 Å². The first-order chi connectivity index (χ1) is 12.0. The number of fused-ring (bicyclic) bond motifs is 1. The minimum absolute atomic E-state index is 0.120. The smallest absolute Gasteiger partial charge is 0.132 e. The molecule has 0 amide bonds. The van der Waals surface area contributed by atoms with E-state index in [9.17, 15) is 8.78 Å². The van der Waals surface area contributed by atoms with Gasteiger partial charge in [-0.1, -0.05) is 0 Å². The lowest BCUT2D eigenvalue weighted by Gasteiger charge is -2.34. The van der Waals surface area contributed by atoms with E-state index in [1.165, 1.54) is 12.1 Å². The van der Waals surface area contributed by atoms with E-state index in [0.29, 0.717) is 12.0 Å². The molecule has 2 N–H and O–H groups in total. The van der Waals surface area contributed by atoms with Gasteiger partial charge in [0.05, 0.1) is 17.2 Å². The number of hydrogen-bond donors (Lipinski definition) is 2. The van der Waals surface area contributed by atoms with Crippen LogP contribution < -0.4 is 5.32 Å². The average Bonchev–Trinajstić information content (AvgIpc) is 2.94. The summed E-state index contributed by atoms with van der Waals surface area (Å²) in [6.07, 6.45) is 5.34. The molecule has 0 saturated carbocycles. The second-order valence-electron chi connectivity index (χ2n) is 6.95. The summed E-state index contributed by atoms with van der Waals surface area (Å²) in [6.45, 7) is 4.09. The van der Waals surface area contributed by atoms with Crippen LogP contribution in [0.25, 0.3) is 11.0 Å². The molecule has 25 heavy (non-hydrogen) atoms. The molecule has 0 radical (unpaired) electrons. The molecular formula is C19H20F2N4. The van der Waals surface area contributed by atoms with Gasteiger partial charge in [-0.15, -0.1) is 0 Å². The molecule has 0 spiro atoms. The van der Waals surface area contributed by atoms with Gasteiger partial charge >= 0.3 is 0 Å². The molecule has 3 unspecified atom stereocenters. The Bertz CT molecular complexity index is 901. The maximum absolute atomic E-state index is 13.6. The van der Waals surface area contributed by atoms with Gasteiger partial charge in [0.1, 0.15) is 17.5 Å². The Morgan fingerprint density at radius 2 is 1.88 bits per heavy atom. The molecule has 2 aromatic heterocycles. The van der Waals surface area contributed by atoms with Crippen molar-refractivity contribution in [3.05, 3.63) is 59.2 Å². The maximum atomic E-state index is 13.6. The van der Waals surface area contributed by atoms with Crippen molar-refractivity contribution >= 4 is 11.0 Å². The van der Waals surface area contributed by atoms with Gasteiger partial charge in [0.2, 0.25) is 0 Å². The molecule has 1 aliphatic heterocycles. The summed E-state index contributed by atoms with van der Waals surface area (Å²) in [5.41, 5.74) is 3.58. The van der Waals surface area contributed by atoms with Gasteiger partial charge in [-0.3, -0.25) is 0 Å². The first-order valence-corrected chi connectivity index (χ1v) is 8.52. The largest absolute Gasteiger partial charge is 0.358 e. The van der Waals surface area contributed by atoms with E-state index in [2.05, 4.69) is 22.2 Å². The van der Waals surface area contributed by atoms with Crippen molar-refractivity contribution in [2.45, 2.75) is 44.7 Å². The predicted octanol–water partition coefficient (Wildman–Crippen LogP) is 4.14. The van der Waals surface area contributed by atoms with Crippen molar-refractivity contribution in [2.24, 2.45) is 0 Å². The van der Waals surface area contributed by atoms with Crippen LogP contribution in [-0.2, 0) is 0 Å². The molecule has 130 valence electrons. The molecule has 1 aliphatic rings. The van der Waals surface area contributed by atoms with E-state index < -0.39 is 11.6 Å². The van der Waals surface area contributed by atoms with Gasteiger partial charge in [0.15, 0.2) is 0 Å². The number of H-pyrrole nitrogens is 1. The topological polar surface area (TPSA) is 53.6 Å². The average molecular weight is 342 g/mol. The third-order valence-corrected chi connectivity index (χ3v) is 4.92. The van der Waals surface area contributed by atoms with E-state index in [1.807, 2.05) is 19.3 Å². The summed E-state index contributed by atoms with van der Waals surface area (Å²) >= 11 is 0. The second-order valence-corrected chi connectivity index (χ2v) is 6.95. The molecule has 3 aromatic rings. The Balaban J connectivity index is 1.66. The Hall–Kier alpha value is -2.34. The highest BCUT2D eigenvalue weighted by Gasteiger charge is 2.30. The highest BCUT2D eigenvalue weighted by molar-refractivity contribution is 5.77. The zero-order valence-electron chi connectivity index (χ0n) is 14.2. The first-order valence-electron chi connectivity index (χ1n) is 8.52. The molecule has 1 saturated heterocycles. The lowest BCUT2D eigenvalue weighted by molar-refractivity contribution is 0.299. The van der Waals surface area contributed by atoms with Crippen LogP contribution in [0, 0.1) is 18.6 Å². The van der Waals surface area contributed by atoms with Crippen molar-refractivity contribution in [1.82, 2.24) is 20.3 Å². The molecule has 1 fully saturated rings. The fourth-order valence-corrected chi connectivity index (χ4v) is 3.76. The summed E-state index contributed by atoms with van der Waals surface area (Å²) < 4.78 is 27.2. The van der Waals surface area contributed by atoms with Crippen LogP contribution in [0.15, 0.2) is 30.6 Å².